The van der Waals surface area contributed by atoms with Crippen molar-refractivity contribution in [2.24, 2.45) is 0 Å². The molecule has 1 N–H and O–H groups in total. The number of carbonyl (C=O) groups excluding carboxylic acids is 1. The summed E-state index contributed by atoms with van der Waals surface area (Å²) in [6, 6.07) is 4.61. The van der Waals surface area contributed by atoms with Gasteiger partial charge in [-0.15, -0.1) is 0 Å². The van der Waals surface area contributed by atoms with E-state index in [0.717, 1.165) is 4.90 Å². The predicted molar refractivity (Wildman–Crippen MR) is 76.5 cm³/mol. The Bertz CT molecular complexity index is 742. The summed E-state index contributed by atoms with van der Waals surface area (Å²) in [5.41, 5.74) is 0.399. The number of hydrogen-bond donors (Lipinski definition) is 1. The molecule has 0 aliphatic carbocycles. The average molecular weight is 306 g/mol. The molecule has 7 heteroatoms. The van der Waals surface area contributed by atoms with Crippen LogP contribution in [0.5, 0.6) is 0 Å². The lowest BCUT2D eigenvalue weighted by Gasteiger charge is -2.36. The zero-order valence-electron chi connectivity index (χ0n) is 12.0. The van der Waals surface area contributed by atoms with Crippen LogP contribution in [0, 0.1) is 5.82 Å². The van der Waals surface area contributed by atoms with Crippen LogP contribution in [-0.4, -0.2) is 59.5 Å². The topological polar surface area (TPSA) is 74.0 Å². The minimum absolute atomic E-state index is 0.0483. The standard InChI is InChI=1S/C15H15FN2O4/c1-17-4-5-18(15(20)21)11(8-17)14(19)13-7-9-6-10(16)2-3-12(9)22-13/h2-3,6-7,11H,4-5,8H2,1H3,(H,20,21). The van der Waals surface area contributed by atoms with Crippen LogP contribution < -0.4 is 0 Å². The van der Waals surface area contributed by atoms with Gasteiger partial charge in [-0.05, 0) is 31.3 Å². The number of furan rings is 1. The van der Waals surface area contributed by atoms with E-state index in [1.165, 1.54) is 24.3 Å². The third-order valence-corrected chi connectivity index (χ3v) is 3.85. The van der Waals surface area contributed by atoms with Crippen LogP contribution in [0.25, 0.3) is 11.0 Å². The molecule has 1 saturated heterocycles. The highest BCUT2D eigenvalue weighted by atomic mass is 19.1. The van der Waals surface area contributed by atoms with Gasteiger partial charge in [-0.2, -0.15) is 0 Å². The van der Waals surface area contributed by atoms with Crippen molar-refractivity contribution in [3.8, 4) is 0 Å². The molecule has 0 saturated carbocycles. The van der Waals surface area contributed by atoms with E-state index in [1.54, 1.807) is 0 Å². The Morgan fingerprint density at radius 1 is 1.32 bits per heavy atom. The van der Waals surface area contributed by atoms with Gasteiger partial charge in [0.2, 0.25) is 5.78 Å². The number of amides is 1. The number of Topliss-reactive ketones (excluding diaryl/α,β-unsaturated/α-hetero) is 1. The highest BCUT2D eigenvalue weighted by Crippen LogP contribution is 2.23. The first kappa shape index (κ1) is 14.5. The number of piperazine rings is 1. The van der Waals surface area contributed by atoms with Gasteiger partial charge >= 0.3 is 6.09 Å². The summed E-state index contributed by atoms with van der Waals surface area (Å²) in [6.45, 7) is 1.13. The summed E-state index contributed by atoms with van der Waals surface area (Å²) in [7, 11) is 1.83. The van der Waals surface area contributed by atoms with Gasteiger partial charge in [-0.1, -0.05) is 0 Å². The molecule has 2 aromatic rings. The maximum absolute atomic E-state index is 13.2. The highest BCUT2D eigenvalue weighted by molar-refractivity contribution is 6.02. The first-order chi connectivity index (χ1) is 10.5. The summed E-state index contributed by atoms with van der Waals surface area (Å²) in [6.07, 6.45) is -1.13. The van der Waals surface area contributed by atoms with Crippen LogP contribution in [0.1, 0.15) is 10.6 Å². The Kier molecular flexibility index (Phi) is 3.58. The quantitative estimate of drug-likeness (QED) is 0.860. The van der Waals surface area contributed by atoms with E-state index >= 15 is 0 Å². The van der Waals surface area contributed by atoms with E-state index in [-0.39, 0.29) is 12.3 Å². The maximum atomic E-state index is 13.2. The van der Waals surface area contributed by atoms with E-state index in [2.05, 4.69) is 0 Å². The Balaban J connectivity index is 1.94. The number of nitrogens with zero attached hydrogens (tertiary/aromatic N) is 2. The first-order valence-electron chi connectivity index (χ1n) is 6.87. The summed E-state index contributed by atoms with van der Waals surface area (Å²) in [5.74, 6) is -0.783. The Morgan fingerprint density at radius 2 is 2.09 bits per heavy atom. The number of hydrogen-bond acceptors (Lipinski definition) is 4. The fourth-order valence-corrected chi connectivity index (χ4v) is 2.67. The minimum atomic E-state index is -1.13. The van der Waals surface area contributed by atoms with Crippen LogP contribution in [-0.2, 0) is 0 Å². The number of carbonyl (C=O) groups is 2. The van der Waals surface area contributed by atoms with Crippen molar-refractivity contribution < 1.29 is 23.5 Å². The molecular formula is C15H15FN2O4. The molecular weight excluding hydrogens is 291 g/mol. The largest absolute Gasteiger partial charge is 0.465 e. The molecule has 1 aromatic heterocycles. The fraction of sp³-hybridized carbons (Fsp3) is 0.333. The van der Waals surface area contributed by atoms with Crippen molar-refractivity contribution in [1.29, 1.82) is 0 Å². The molecule has 2 heterocycles. The van der Waals surface area contributed by atoms with Crippen molar-refractivity contribution in [2.45, 2.75) is 6.04 Å². The second kappa shape index (κ2) is 5.42. The lowest BCUT2D eigenvalue weighted by atomic mass is 10.1. The number of likely N-dealkylation sites (N-methyl/N-ethyl adjacent to an activating group) is 1. The SMILES string of the molecule is CN1CCN(C(=O)O)C(C(=O)c2cc3cc(F)ccc3o2)C1. The first-order valence-corrected chi connectivity index (χ1v) is 6.87. The van der Waals surface area contributed by atoms with E-state index in [9.17, 15) is 19.1 Å². The van der Waals surface area contributed by atoms with Crippen LogP contribution >= 0.6 is 0 Å². The molecule has 1 aromatic carbocycles. The van der Waals surface area contributed by atoms with Gasteiger partial charge < -0.3 is 14.4 Å². The molecule has 3 rings (SSSR count). The van der Waals surface area contributed by atoms with Gasteiger partial charge in [-0.25, -0.2) is 9.18 Å². The van der Waals surface area contributed by atoms with Crippen LogP contribution in [0.4, 0.5) is 9.18 Å². The van der Waals surface area contributed by atoms with Gasteiger partial charge in [-0.3, -0.25) is 9.69 Å². The lowest BCUT2D eigenvalue weighted by molar-refractivity contribution is 0.0563. The number of halogens is 1. The zero-order chi connectivity index (χ0) is 15.9. The summed E-state index contributed by atoms with van der Waals surface area (Å²) >= 11 is 0. The molecule has 1 amide bonds. The van der Waals surface area contributed by atoms with Crippen LogP contribution in [0.3, 0.4) is 0 Å². The van der Waals surface area contributed by atoms with Crippen molar-refractivity contribution in [3.05, 3.63) is 35.8 Å². The van der Waals surface area contributed by atoms with E-state index in [1.807, 2.05) is 11.9 Å². The average Bonchev–Trinajstić information content (AvgIpc) is 2.88. The Morgan fingerprint density at radius 3 is 2.82 bits per heavy atom. The maximum Gasteiger partial charge on any atom is 0.408 e. The van der Waals surface area contributed by atoms with Crippen molar-refractivity contribution in [3.63, 3.8) is 0 Å². The van der Waals surface area contributed by atoms with Crippen LogP contribution in [0.2, 0.25) is 0 Å². The van der Waals surface area contributed by atoms with E-state index in [4.69, 9.17) is 4.42 Å². The van der Waals surface area contributed by atoms with E-state index < -0.39 is 23.7 Å². The van der Waals surface area contributed by atoms with Crippen molar-refractivity contribution >= 4 is 22.8 Å². The van der Waals surface area contributed by atoms with Gasteiger partial charge in [0.15, 0.2) is 5.76 Å². The fourth-order valence-electron chi connectivity index (χ4n) is 2.67. The monoisotopic (exact) mass is 306 g/mol. The smallest absolute Gasteiger partial charge is 0.408 e. The molecule has 1 unspecified atom stereocenters. The Hall–Kier alpha value is -2.41. The molecule has 1 atom stereocenters. The van der Waals surface area contributed by atoms with Gasteiger partial charge in [0.1, 0.15) is 17.4 Å². The summed E-state index contributed by atoms with van der Waals surface area (Å²) in [4.78, 5) is 26.9. The summed E-state index contributed by atoms with van der Waals surface area (Å²) < 4.78 is 18.6. The molecule has 116 valence electrons. The number of carboxylic acid groups (broad SMARTS) is 1. The summed E-state index contributed by atoms with van der Waals surface area (Å²) in [5, 5.41) is 9.72. The normalized spacial score (nSPS) is 19.5. The van der Waals surface area contributed by atoms with Gasteiger partial charge in [0, 0.05) is 25.0 Å². The number of fused-ring (bicyclic) bond motifs is 1. The second-order valence-electron chi connectivity index (χ2n) is 5.41. The number of benzene rings is 1. The number of rotatable bonds is 2. The van der Waals surface area contributed by atoms with Crippen molar-refractivity contribution in [1.82, 2.24) is 9.80 Å². The Labute approximate surface area is 125 Å². The molecule has 22 heavy (non-hydrogen) atoms. The minimum Gasteiger partial charge on any atom is -0.465 e. The molecule has 1 fully saturated rings. The lowest BCUT2D eigenvalue weighted by Crippen LogP contribution is -2.56. The molecule has 0 bridgehead atoms. The third kappa shape index (κ3) is 2.55. The molecule has 1 aliphatic rings. The second-order valence-corrected chi connectivity index (χ2v) is 5.41. The van der Waals surface area contributed by atoms with Gasteiger partial charge in [0.25, 0.3) is 0 Å². The molecule has 0 spiro atoms. The third-order valence-electron chi connectivity index (χ3n) is 3.85. The molecule has 1 aliphatic heterocycles. The zero-order valence-corrected chi connectivity index (χ0v) is 12.0. The predicted octanol–water partition coefficient (Wildman–Crippen LogP) is 2.05. The molecule has 6 nitrogen and oxygen atoms in total. The number of ketones is 1. The van der Waals surface area contributed by atoms with E-state index in [0.29, 0.717) is 24.1 Å². The van der Waals surface area contributed by atoms with Gasteiger partial charge in [0.05, 0.1) is 0 Å². The van der Waals surface area contributed by atoms with Crippen molar-refractivity contribution in [2.75, 3.05) is 26.7 Å². The highest BCUT2D eigenvalue weighted by Gasteiger charge is 2.36. The molecule has 0 radical (unpaired) electrons. The van der Waals surface area contributed by atoms with Crippen LogP contribution in [0.15, 0.2) is 28.7 Å².